The summed E-state index contributed by atoms with van der Waals surface area (Å²) >= 11 is 0. The Kier molecular flexibility index (Phi) is 7.58. The molecule has 2 amide bonds. The maximum Gasteiger partial charge on any atom is 0.255 e. The first-order valence-corrected chi connectivity index (χ1v) is 9.30. The van der Waals surface area contributed by atoms with E-state index in [0.717, 1.165) is 28.9 Å². The van der Waals surface area contributed by atoms with Crippen molar-refractivity contribution in [1.82, 2.24) is 10.2 Å². The third kappa shape index (κ3) is 6.09. The van der Waals surface area contributed by atoms with Crippen LogP contribution in [0.5, 0.6) is 5.75 Å². The third-order valence-electron chi connectivity index (χ3n) is 4.28. The van der Waals surface area contributed by atoms with E-state index >= 15 is 0 Å². The largest absolute Gasteiger partial charge is 0.491 e. The van der Waals surface area contributed by atoms with Gasteiger partial charge in [-0.15, -0.1) is 0 Å². The van der Waals surface area contributed by atoms with Gasteiger partial charge in [0.25, 0.3) is 5.91 Å². The Morgan fingerprint density at radius 2 is 1.68 bits per heavy atom. The van der Waals surface area contributed by atoms with Crippen molar-refractivity contribution in [3.63, 3.8) is 0 Å². The average molecular weight is 383 g/mol. The monoisotopic (exact) mass is 383 g/mol. The van der Waals surface area contributed by atoms with E-state index in [1.54, 1.807) is 18.2 Å². The number of rotatable bonds is 8. The summed E-state index contributed by atoms with van der Waals surface area (Å²) in [5.74, 6) is -0.102. The van der Waals surface area contributed by atoms with Gasteiger partial charge in [-0.2, -0.15) is 0 Å². The van der Waals surface area contributed by atoms with Crippen molar-refractivity contribution in [1.29, 1.82) is 0 Å². The van der Waals surface area contributed by atoms with E-state index in [-0.39, 0.29) is 18.4 Å². The number of para-hydroxylation sites is 1. The van der Waals surface area contributed by atoms with Gasteiger partial charge in [0.2, 0.25) is 5.91 Å². The average Bonchev–Trinajstić information content (AvgIpc) is 2.63. The maximum atomic E-state index is 12.5. The Morgan fingerprint density at radius 1 is 1.04 bits per heavy atom. The number of nitrogens with one attached hydrogen (secondary N) is 2. The maximum absolute atomic E-state index is 12.5. The Balaban J connectivity index is 1.96. The predicted molar refractivity (Wildman–Crippen MR) is 112 cm³/mol. The van der Waals surface area contributed by atoms with Crippen LogP contribution in [0.15, 0.2) is 36.4 Å². The van der Waals surface area contributed by atoms with Crippen LogP contribution in [0.3, 0.4) is 0 Å². The van der Waals surface area contributed by atoms with Crippen LogP contribution in [0, 0.1) is 20.8 Å². The van der Waals surface area contributed by atoms with E-state index in [4.69, 9.17) is 4.74 Å². The number of benzene rings is 2. The van der Waals surface area contributed by atoms with E-state index in [1.165, 1.54) is 0 Å². The number of anilines is 1. The van der Waals surface area contributed by atoms with E-state index in [2.05, 4.69) is 10.6 Å². The number of hydrogen-bond acceptors (Lipinski definition) is 4. The second-order valence-corrected chi connectivity index (χ2v) is 7.15. The third-order valence-corrected chi connectivity index (χ3v) is 4.28. The first-order chi connectivity index (χ1) is 13.3. The van der Waals surface area contributed by atoms with Gasteiger partial charge in [-0.25, -0.2) is 0 Å². The predicted octanol–water partition coefficient (Wildman–Crippen LogP) is 2.92. The fraction of sp³-hybridized carbons (Fsp3) is 0.364. The summed E-state index contributed by atoms with van der Waals surface area (Å²) in [7, 11) is 3.91. The first kappa shape index (κ1) is 21.4. The van der Waals surface area contributed by atoms with Crippen molar-refractivity contribution in [2.45, 2.75) is 20.8 Å². The zero-order valence-electron chi connectivity index (χ0n) is 17.3. The molecule has 0 saturated carbocycles. The molecular formula is C22H29N3O3. The highest BCUT2D eigenvalue weighted by Crippen LogP contribution is 2.22. The van der Waals surface area contributed by atoms with Gasteiger partial charge >= 0.3 is 0 Å². The zero-order valence-corrected chi connectivity index (χ0v) is 17.3. The second-order valence-electron chi connectivity index (χ2n) is 7.15. The molecule has 0 unspecified atom stereocenters. The molecule has 0 spiro atoms. The van der Waals surface area contributed by atoms with Gasteiger partial charge < -0.3 is 20.3 Å². The van der Waals surface area contributed by atoms with Crippen LogP contribution in [0.4, 0.5) is 5.69 Å². The summed E-state index contributed by atoms with van der Waals surface area (Å²) in [6.45, 7) is 7.03. The fourth-order valence-electron chi connectivity index (χ4n) is 2.93. The molecule has 0 heterocycles. The van der Waals surface area contributed by atoms with Crippen LogP contribution < -0.4 is 15.4 Å². The minimum absolute atomic E-state index is 0.113. The van der Waals surface area contributed by atoms with Gasteiger partial charge in [-0.3, -0.25) is 9.59 Å². The smallest absolute Gasteiger partial charge is 0.255 e. The number of aryl methyl sites for hydroxylation is 3. The molecule has 0 saturated heterocycles. The summed E-state index contributed by atoms with van der Waals surface area (Å²) in [4.78, 5) is 26.8. The first-order valence-electron chi connectivity index (χ1n) is 9.30. The molecule has 0 aliphatic heterocycles. The molecule has 0 aliphatic rings. The summed E-state index contributed by atoms with van der Waals surface area (Å²) in [6, 6.07) is 11.1. The van der Waals surface area contributed by atoms with Gasteiger partial charge in [0.15, 0.2) is 0 Å². The lowest BCUT2D eigenvalue weighted by atomic mass is 10.1. The molecule has 0 bridgehead atoms. The Morgan fingerprint density at radius 3 is 2.32 bits per heavy atom. The van der Waals surface area contributed by atoms with Crippen molar-refractivity contribution < 1.29 is 14.3 Å². The lowest BCUT2D eigenvalue weighted by Gasteiger charge is -2.15. The highest BCUT2D eigenvalue weighted by Gasteiger charge is 2.14. The van der Waals surface area contributed by atoms with Gasteiger partial charge in [0.1, 0.15) is 12.4 Å². The molecule has 6 nitrogen and oxygen atoms in total. The van der Waals surface area contributed by atoms with Crippen LogP contribution in [0.1, 0.15) is 27.0 Å². The van der Waals surface area contributed by atoms with Gasteiger partial charge in [0.05, 0.1) is 12.1 Å². The van der Waals surface area contributed by atoms with Gasteiger partial charge in [-0.1, -0.05) is 29.8 Å². The van der Waals surface area contributed by atoms with E-state index < -0.39 is 0 Å². The number of hydrogen-bond donors (Lipinski definition) is 2. The Hall–Kier alpha value is -2.86. The summed E-state index contributed by atoms with van der Waals surface area (Å²) < 4.78 is 5.71. The van der Waals surface area contributed by atoms with E-state index in [1.807, 2.05) is 58.0 Å². The molecule has 2 aromatic carbocycles. The number of carbonyl (C=O) groups is 2. The lowest BCUT2D eigenvalue weighted by Crippen LogP contribution is -2.33. The van der Waals surface area contributed by atoms with Crippen LogP contribution in [0.2, 0.25) is 0 Å². The molecule has 0 radical (unpaired) electrons. The summed E-state index contributed by atoms with van der Waals surface area (Å²) in [5, 5.41) is 5.55. The van der Waals surface area contributed by atoms with Crippen LogP contribution in [0.25, 0.3) is 0 Å². The standard InChI is InChI=1S/C22H29N3O3/c1-15-12-16(2)21(17(3)13-15)24-20(26)14-23-22(27)18-8-6-7-9-19(18)28-11-10-25(4)5/h6-9,12-13H,10-11,14H2,1-5H3,(H,23,27)(H,24,26). The molecule has 28 heavy (non-hydrogen) atoms. The van der Waals surface area contributed by atoms with Crippen LogP contribution in [-0.4, -0.2) is 50.5 Å². The van der Waals surface area contributed by atoms with E-state index in [9.17, 15) is 9.59 Å². The highest BCUT2D eigenvalue weighted by atomic mass is 16.5. The SMILES string of the molecule is Cc1cc(C)c(NC(=O)CNC(=O)c2ccccc2OCCN(C)C)c(C)c1. The van der Waals surface area contributed by atoms with Crippen LogP contribution >= 0.6 is 0 Å². The molecule has 0 atom stereocenters. The minimum Gasteiger partial charge on any atom is -0.491 e. The van der Waals surface area contributed by atoms with Crippen LogP contribution in [-0.2, 0) is 4.79 Å². The number of likely N-dealkylation sites (N-methyl/N-ethyl adjacent to an activating group) is 1. The molecule has 2 rings (SSSR count). The van der Waals surface area contributed by atoms with Crippen molar-refractivity contribution in [3.05, 3.63) is 58.7 Å². The topological polar surface area (TPSA) is 70.7 Å². The summed E-state index contributed by atoms with van der Waals surface area (Å²) in [5.41, 5.74) is 4.34. The minimum atomic E-state index is -0.340. The Bertz CT molecular complexity index is 824. The molecule has 6 heteroatoms. The number of ether oxygens (including phenoxy) is 1. The molecular weight excluding hydrogens is 354 g/mol. The number of amides is 2. The Labute approximate surface area is 166 Å². The molecule has 0 aliphatic carbocycles. The molecule has 2 aromatic rings. The normalized spacial score (nSPS) is 10.6. The van der Waals surface area contributed by atoms with Crippen molar-refractivity contribution in [3.8, 4) is 5.75 Å². The molecule has 2 N–H and O–H groups in total. The molecule has 150 valence electrons. The fourth-order valence-corrected chi connectivity index (χ4v) is 2.93. The highest BCUT2D eigenvalue weighted by molar-refractivity contribution is 6.01. The van der Waals surface area contributed by atoms with Gasteiger partial charge in [-0.05, 0) is 58.1 Å². The van der Waals surface area contributed by atoms with Gasteiger partial charge in [0, 0.05) is 12.2 Å². The van der Waals surface area contributed by atoms with Crippen molar-refractivity contribution in [2.24, 2.45) is 0 Å². The molecule has 0 fully saturated rings. The number of nitrogens with zero attached hydrogens (tertiary/aromatic N) is 1. The number of carbonyl (C=O) groups excluding carboxylic acids is 2. The second kappa shape index (κ2) is 9.90. The lowest BCUT2D eigenvalue weighted by molar-refractivity contribution is -0.115. The molecule has 0 aromatic heterocycles. The van der Waals surface area contributed by atoms with Crippen molar-refractivity contribution >= 4 is 17.5 Å². The zero-order chi connectivity index (χ0) is 20.7. The summed E-state index contributed by atoms with van der Waals surface area (Å²) in [6.07, 6.45) is 0. The quantitative estimate of drug-likeness (QED) is 0.735. The van der Waals surface area contributed by atoms with Crippen molar-refractivity contribution in [2.75, 3.05) is 39.1 Å². The van der Waals surface area contributed by atoms with E-state index in [0.29, 0.717) is 17.9 Å².